The lowest BCUT2D eigenvalue weighted by Crippen LogP contribution is -2.52. The molecule has 14 nitrogen and oxygen atoms in total. The first kappa shape index (κ1) is 41.6. The van der Waals surface area contributed by atoms with Crippen molar-refractivity contribution >= 4 is 70.6 Å². The molecule has 1 aromatic heterocycles. The Morgan fingerprint density at radius 3 is 2.40 bits per heavy atom. The van der Waals surface area contributed by atoms with Gasteiger partial charge in [-0.2, -0.15) is 4.98 Å². The van der Waals surface area contributed by atoms with Crippen molar-refractivity contribution in [3.8, 4) is 11.5 Å². The van der Waals surface area contributed by atoms with Gasteiger partial charge in [-0.3, -0.25) is 24.6 Å². The zero-order valence-electron chi connectivity index (χ0n) is 34.5. The number of rotatable bonds is 12. The third-order valence-corrected chi connectivity index (χ3v) is 14.0. The number of nitrogens with one attached hydrogen (secondary N) is 3. The number of halogens is 1. The number of piperidine rings is 3. The lowest BCUT2D eigenvalue weighted by atomic mass is 9.97. The summed E-state index contributed by atoms with van der Waals surface area (Å²) in [6.45, 7) is 9.66. The monoisotopic (exact) mass is 854 g/mol. The van der Waals surface area contributed by atoms with E-state index < -0.39 is 19.1 Å². The number of imide groups is 1. The van der Waals surface area contributed by atoms with Gasteiger partial charge in [0.1, 0.15) is 35.8 Å². The second-order valence-corrected chi connectivity index (χ2v) is 19.9. The number of hydrogen-bond acceptors (Lipinski definition) is 12. The van der Waals surface area contributed by atoms with Crippen LogP contribution in [0.4, 0.5) is 28.8 Å². The van der Waals surface area contributed by atoms with Crippen molar-refractivity contribution in [3.63, 3.8) is 0 Å². The van der Waals surface area contributed by atoms with Gasteiger partial charge in [0.2, 0.25) is 17.8 Å². The van der Waals surface area contributed by atoms with E-state index in [1.807, 2.05) is 36.4 Å². The first-order chi connectivity index (χ1) is 28.9. The van der Waals surface area contributed by atoms with Crippen LogP contribution in [0.25, 0.3) is 0 Å². The van der Waals surface area contributed by atoms with Gasteiger partial charge >= 0.3 is 0 Å². The Bertz CT molecular complexity index is 2340. The van der Waals surface area contributed by atoms with Gasteiger partial charge in [-0.25, -0.2) is 4.98 Å². The number of methoxy groups -OCH3 is 1. The number of amides is 3. The molecule has 4 aliphatic rings. The summed E-state index contributed by atoms with van der Waals surface area (Å²) in [6.07, 6.45) is 6.84. The van der Waals surface area contributed by atoms with Crippen LogP contribution in [0.3, 0.4) is 0 Å². The third kappa shape index (κ3) is 8.69. The molecule has 0 spiro atoms. The van der Waals surface area contributed by atoms with E-state index in [2.05, 4.69) is 54.8 Å². The molecule has 3 fully saturated rings. The van der Waals surface area contributed by atoms with Crippen LogP contribution >= 0.6 is 18.7 Å². The summed E-state index contributed by atoms with van der Waals surface area (Å²) in [6, 6.07) is 17.1. The largest absolute Gasteiger partial charge is 0.494 e. The number of para-hydroxylation sites is 1. The maximum Gasteiger partial charge on any atom is 0.255 e. The number of nitrogens with zero attached hydrogens (tertiary/aromatic N) is 5. The van der Waals surface area contributed by atoms with Crippen LogP contribution in [0.15, 0.2) is 60.8 Å². The van der Waals surface area contributed by atoms with Crippen molar-refractivity contribution in [3.05, 3.63) is 82.5 Å². The number of aryl methyl sites for hydroxylation is 1. The highest BCUT2D eigenvalue weighted by molar-refractivity contribution is 7.70. The standard InChI is InChI=1S/C44H52ClN8O6P/c1-5-27-23-34(48-44-46-25-32(45)41(50-44)47-33-10-6-7-12-39(33)60(3,4)57)38(58-2)24-36(27)52-19-15-28(16-20-52)51-21-17-29(18-22-51)59-37-11-8-9-30-31(37)26-53(43(30)56)35-13-14-40(54)49-42(35)55/h6-12,23-25,28-29,35H,5,13-22,26H2,1-4H3,(H,49,54,55)(H2,46,47,48,50). The fourth-order valence-electron chi connectivity index (χ4n) is 8.95. The molecule has 316 valence electrons. The van der Waals surface area contributed by atoms with Crippen LogP contribution in [0, 0.1) is 0 Å². The second kappa shape index (κ2) is 17.4. The minimum atomic E-state index is -2.56. The van der Waals surface area contributed by atoms with Crippen molar-refractivity contribution < 1.29 is 28.4 Å². The summed E-state index contributed by atoms with van der Waals surface area (Å²) in [7, 11) is -0.898. The molecule has 1 unspecified atom stereocenters. The van der Waals surface area contributed by atoms with Crippen LogP contribution in [0.2, 0.25) is 5.02 Å². The molecule has 0 radical (unpaired) electrons. The zero-order chi connectivity index (χ0) is 42.1. The van der Waals surface area contributed by atoms with Gasteiger partial charge in [-0.05, 0) is 87.7 Å². The van der Waals surface area contributed by atoms with Crippen molar-refractivity contribution in [1.82, 2.24) is 25.1 Å². The van der Waals surface area contributed by atoms with E-state index in [-0.39, 0.29) is 24.3 Å². The molecular weight excluding hydrogens is 803 g/mol. The summed E-state index contributed by atoms with van der Waals surface area (Å²) in [4.78, 5) is 53.3. The number of benzene rings is 3. The topological polar surface area (TPSA) is 158 Å². The molecule has 16 heteroatoms. The summed E-state index contributed by atoms with van der Waals surface area (Å²) in [5.41, 5.74) is 5.17. The van der Waals surface area contributed by atoms with Gasteiger partial charge in [0.05, 0.1) is 31.2 Å². The summed E-state index contributed by atoms with van der Waals surface area (Å²) < 4.78 is 25.4. The predicted octanol–water partition coefficient (Wildman–Crippen LogP) is 6.71. The molecule has 1 atom stereocenters. The maximum atomic E-state index is 13.3. The molecular formula is C44H52ClN8O6P. The molecule has 8 rings (SSSR count). The normalized spacial score (nSPS) is 19.3. The van der Waals surface area contributed by atoms with E-state index in [1.165, 1.54) is 5.56 Å². The maximum absolute atomic E-state index is 13.3. The molecule has 0 aliphatic carbocycles. The van der Waals surface area contributed by atoms with E-state index in [0.717, 1.165) is 75.2 Å². The molecule has 3 amide bonds. The molecule has 3 saturated heterocycles. The molecule has 4 aromatic rings. The highest BCUT2D eigenvalue weighted by Crippen LogP contribution is 2.40. The summed E-state index contributed by atoms with van der Waals surface area (Å²) in [5, 5.41) is 10.0. The van der Waals surface area contributed by atoms with Gasteiger partial charge in [0.15, 0.2) is 5.82 Å². The first-order valence-corrected chi connectivity index (χ1v) is 23.7. The first-order valence-electron chi connectivity index (χ1n) is 20.7. The Kier molecular flexibility index (Phi) is 12.1. The fourth-order valence-corrected chi connectivity index (χ4v) is 10.2. The molecule has 5 heterocycles. The van der Waals surface area contributed by atoms with E-state index >= 15 is 0 Å². The predicted molar refractivity (Wildman–Crippen MR) is 234 cm³/mol. The average Bonchev–Trinajstić information content (AvgIpc) is 3.58. The minimum absolute atomic E-state index is 0.0366. The van der Waals surface area contributed by atoms with Crippen molar-refractivity contribution in [1.29, 1.82) is 0 Å². The quantitative estimate of drug-likeness (QED) is 0.102. The van der Waals surface area contributed by atoms with Crippen molar-refractivity contribution in [2.45, 2.75) is 76.6 Å². The number of fused-ring (bicyclic) bond motifs is 1. The third-order valence-electron chi connectivity index (χ3n) is 12.1. The Morgan fingerprint density at radius 2 is 1.68 bits per heavy atom. The zero-order valence-corrected chi connectivity index (χ0v) is 36.2. The lowest BCUT2D eigenvalue weighted by Gasteiger charge is -2.42. The average molecular weight is 855 g/mol. The number of ether oxygens (including phenoxy) is 2. The molecule has 3 N–H and O–H groups in total. The van der Waals surface area contributed by atoms with E-state index in [9.17, 15) is 18.9 Å². The Balaban J connectivity index is 0.871. The molecule has 60 heavy (non-hydrogen) atoms. The van der Waals surface area contributed by atoms with Crippen molar-refractivity contribution in [2.75, 3.05) is 62.2 Å². The van der Waals surface area contributed by atoms with Gasteiger partial charge < -0.3 is 34.5 Å². The highest BCUT2D eigenvalue weighted by atomic mass is 35.5. The van der Waals surface area contributed by atoms with Gasteiger partial charge in [0, 0.05) is 66.8 Å². The highest BCUT2D eigenvalue weighted by Gasteiger charge is 2.40. The Morgan fingerprint density at radius 1 is 0.917 bits per heavy atom. The smallest absolute Gasteiger partial charge is 0.255 e. The molecule has 3 aromatic carbocycles. The SMILES string of the molecule is CCc1cc(Nc2ncc(Cl)c(Nc3ccccc3P(C)(C)=O)n2)c(OC)cc1N1CCC(N2CCC(Oc3cccc4c3CN(C3CCC(=O)NC3=O)C4=O)CC2)CC1. The summed E-state index contributed by atoms with van der Waals surface area (Å²) >= 11 is 6.53. The van der Waals surface area contributed by atoms with Crippen LogP contribution in [-0.2, 0) is 27.1 Å². The molecule has 4 aliphatic heterocycles. The second-order valence-electron chi connectivity index (χ2n) is 16.3. The minimum Gasteiger partial charge on any atom is -0.494 e. The number of carbonyl (C=O) groups excluding carboxylic acids is 3. The van der Waals surface area contributed by atoms with Crippen LogP contribution < -0.4 is 35.6 Å². The van der Waals surface area contributed by atoms with Gasteiger partial charge in [0.25, 0.3) is 5.91 Å². The number of carbonyl (C=O) groups is 3. The number of anilines is 5. The Hall–Kier alpha value is -5.17. The van der Waals surface area contributed by atoms with E-state index in [0.29, 0.717) is 63.9 Å². The van der Waals surface area contributed by atoms with Gasteiger partial charge in [-0.15, -0.1) is 0 Å². The van der Waals surface area contributed by atoms with Crippen LogP contribution in [-0.4, -0.2) is 102 Å². The van der Waals surface area contributed by atoms with Crippen LogP contribution in [0.1, 0.15) is 66.9 Å². The van der Waals surface area contributed by atoms with Crippen molar-refractivity contribution in [2.24, 2.45) is 0 Å². The summed E-state index contributed by atoms with van der Waals surface area (Å²) in [5.74, 6) is 1.23. The van der Waals surface area contributed by atoms with Gasteiger partial charge in [-0.1, -0.05) is 36.7 Å². The Labute approximate surface area is 355 Å². The number of hydrogen-bond donors (Lipinski definition) is 3. The van der Waals surface area contributed by atoms with E-state index in [1.54, 1.807) is 37.6 Å². The molecule has 0 saturated carbocycles. The number of likely N-dealkylation sites (tertiary alicyclic amines) is 1. The number of aromatic nitrogens is 2. The van der Waals surface area contributed by atoms with E-state index in [4.69, 9.17) is 21.1 Å². The fraction of sp³-hybridized carbons (Fsp3) is 0.432. The van der Waals surface area contributed by atoms with Crippen LogP contribution in [0.5, 0.6) is 11.5 Å². The molecule has 0 bridgehead atoms. The lowest BCUT2D eigenvalue weighted by molar-refractivity contribution is -0.136.